The van der Waals surface area contributed by atoms with Crippen LogP contribution in [0.2, 0.25) is 0 Å². The molecule has 0 aliphatic heterocycles. The number of carbonyl (C=O) groups excluding carboxylic acids is 3. The average molecular weight is 762 g/mol. The summed E-state index contributed by atoms with van der Waals surface area (Å²) < 4.78 is 27.0. The van der Waals surface area contributed by atoms with Gasteiger partial charge in [0.2, 0.25) is 0 Å². The lowest BCUT2D eigenvalue weighted by molar-refractivity contribution is -0.207. The fourth-order valence-corrected chi connectivity index (χ4v) is 15.5. The zero-order valence-electron chi connectivity index (χ0n) is 32.3. The second-order valence-corrected chi connectivity index (χ2v) is 20.5. The molecule has 8 aliphatic rings. The van der Waals surface area contributed by atoms with Gasteiger partial charge in [-0.05, 0) is 156 Å². The van der Waals surface area contributed by atoms with Crippen LogP contribution in [-0.2, 0) is 28.6 Å². The number of thiophene rings is 1. The van der Waals surface area contributed by atoms with E-state index in [0.717, 1.165) is 79.9 Å². The van der Waals surface area contributed by atoms with Crippen molar-refractivity contribution in [2.75, 3.05) is 13.7 Å². The number of hydrogen-bond donors (Lipinski definition) is 0. The predicted molar refractivity (Wildman–Crippen MR) is 213 cm³/mol. The number of hydrogen-bond acceptors (Lipinski definition) is 7. The molecule has 3 aromatic carbocycles. The van der Waals surface area contributed by atoms with E-state index >= 15 is 0 Å². The molecule has 12 rings (SSSR count). The highest BCUT2D eigenvalue weighted by atomic mass is 32.2. The van der Waals surface area contributed by atoms with Crippen molar-refractivity contribution in [1.29, 1.82) is 0 Å². The van der Waals surface area contributed by atoms with Gasteiger partial charge in [0.05, 0.1) is 19.4 Å². The van der Waals surface area contributed by atoms with E-state index < -0.39 is 52.1 Å². The van der Waals surface area contributed by atoms with Gasteiger partial charge in [-0.25, -0.2) is 4.79 Å². The van der Waals surface area contributed by atoms with Gasteiger partial charge in [0, 0.05) is 38.9 Å². The van der Waals surface area contributed by atoms with Gasteiger partial charge in [-0.3, -0.25) is 9.59 Å². The van der Waals surface area contributed by atoms with Gasteiger partial charge in [0.15, 0.2) is 20.9 Å². The molecule has 1 atom stereocenters. The summed E-state index contributed by atoms with van der Waals surface area (Å²) in [5.74, 6) is 2.24. The van der Waals surface area contributed by atoms with Gasteiger partial charge in [0.1, 0.15) is 17.0 Å². The summed E-state index contributed by atoms with van der Waals surface area (Å²) in [4.78, 5) is 43.2. The van der Waals surface area contributed by atoms with Crippen LogP contribution in [0.1, 0.15) is 96.0 Å². The minimum absolute atomic E-state index is 0.207. The van der Waals surface area contributed by atoms with Crippen molar-refractivity contribution >= 4 is 48.6 Å². The molecule has 55 heavy (non-hydrogen) atoms. The topological polar surface area (TPSA) is 88.1 Å². The Labute approximate surface area is 326 Å². The van der Waals surface area contributed by atoms with E-state index in [1.807, 2.05) is 12.1 Å². The summed E-state index contributed by atoms with van der Waals surface area (Å²) in [7, 11) is 1.15. The number of esters is 3. The molecule has 1 aromatic heterocycles. The second-order valence-electron chi connectivity index (χ2n) is 18.5. The summed E-state index contributed by atoms with van der Waals surface area (Å²) in [5, 5.41) is 2.40. The Balaban J connectivity index is 0.957. The van der Waals surface area contributed by atoms with Crippen LogP contribution in [0.25, 0.3) is 25.1 Å². The largest absolute Gasteiger partial charge is 0.496 e. The molecule has 8 bridgehead atoms. The summed E-state index contributed by atoms with van der Waals surface area (Å²) >= 11 is 0. The molecule has 1 heterocycles. The number of fused-ring (bicyclic) bond motifs is 3. The van der Waals surface area contributed by atoms with Crippen molar-refractivity contribution in [3.8, 4) is 10.6 Å². The highest BCUT2D eigenvalue weighted by molar-refractivity contribution is 7.50. The Morgan fingerprint density at radius 3 is 1.62 bits per heavy atom. The molecule has 0 N–H and O–H groups in total. The first-order valence-electron chi connectivity index (χ1n) is 20.8. The van der Waals surface area contributed by atoms with E-state index in [1.54, 1.807) is 7.11 Å². The van der Waals surface area contributed by atoms with Crippen LogP contribution < -0.4 is 4.74 Å². The number of rotatable bonds is 10. The average Bonchev–Trinajstić information content (AvgIpc) is 3.51. The molecule has 0 amide bonds. The van der Waals surface area contributed by atoms with Gasteiger partial charge < -0.3 is 18.9 Å². The molecule has 0 saturated heterocycles. The summed E-state index contributed by atoms with van der Waals surface area (Å²) in [6.45, 7) is 3.73. The number of carbonyl (C=O) groups is 3. The molecule has 4 aromatic rings. The molecule has 7 nitrogen and oxygen atoms in total. The van der Waals surface area contributed by atoms with E-state index in [9.17, 15) is 14.4 Å². The highest BCUT2D eigenvalue weighted by Gasteiger charge is 2.58. The predicted octanol–water partition coefficient (Wildman–Crippen LogP) is 10.3. The minimum Gasteiger partial charge on any atom is -0.496 e. The van der Waals surface area contributed by atoms with E-state index in [1.165, 1.54) is 33.0 Å². The van der Waals surface area contributed by atoms with Gasteiger partial charge in [0.25, 0.3) is 0 Å². The maximum Gasteiger partial charge on any atom is 0.344 e. The Hall–Kier alpha value is -3.91. The number of ether oxygens (including phenoxy) is 4. The summed E-state index contributed by atoms with van der Waals surface area (Å²) in [5.41, 5.74) is -0.505. The van der Waals surface area contributed by atoms with Crippen molar-refractivity contribution in [2.24, 2.45) is 47.3 Å². The second kappa shape index (κ2) is 13.3. The lowest BCUT2D eigenvalue weighted by Crippen LogP contribution is -2.58. The zero-order valence-corrected chi connectivity index (χ0v) is 33.1. The molecule has 8 saturated carbocycles. The monoisotopic (exact) mass is 761 g/mol. The molecular weight excluding hydrogens is 709 g/mol. The smallest absolute Gasteiger partial charge is 0.344 e. The third kappa shape index (κ3) is 5.90. The Morgan fingerprint density at radius 2 is 1.13 bits per heavy atom. The number of benzene rings is 3. The Kier molecular flexibility index (Phi) is 8.62. The first kappa shape index (κ1) is 35.5. The van der Waals surface area contributed by atoms with Crippen LogP contribution in [0, 0.1) is 47.3 Å². The standard InChI is InChI=1S/C47H53O7S/c1-46(31-16-27-14-28(18-31)19-32(46)17-27)53-43(48)25-39(45(50)52-26-44(49)54-47(2)33-20-29-15-30(22-33)23-34(47)21-29)38-24-35(12-13-40(38)51-3)55-41-10-6-4-8-36(41)37-9-5-7-11-42(37)55/h4-13,24,27-34,39H,14-23,25-26H2,1-3H3/q+1. The molecule has 1 unspecified atom stereocenters. The van der Waals surface area contributed by atoms with Crippen LogP contribution in [0.5, 0.6) is 5.75 Å². The highest BCUT2D eigenvalue weighted by Crippen LogP contribution is 2.61. The fraction of sp³-hybridized carbons (Fsp3) is 0.553. The van der Waals surface area contributed by atoms with E-state index in [2.05, 4.69) is 68.4 Å². The van der Waals surface area contributed by atoms with Crippen molar-refractivity contribution in [1.82, 2.24) is 0 Å². The van der Waals surface area contributed by atoms with E-state index in [4.69, 9.17) is 18.9 Å². The molecule has 8 heteroatoms. The van der Waals surface area contributed by atoms with E-state index in [0.29, 0.717) is 35.0 Å². The summed E-state index contributed by atoms with van der Waals surface area (Å²) in [6, 6.07) is 22.9. The Bertz CT molecular complexity index is 2070. The first-order chi connectivity index (χ1) is 26.6. The Morgan fingerprint density at radius 1 is 0.655 bits per heavy atom. The maximum absolute atomic E-state index is 14.4. The third-order valence-electron chi connectivity index (χ3n) is 15.5. The third-order valence-corrected chi connectivity index (χ3v) is 17.8. The molecule has 8 aliphatic carbocycles. The van der Waals surface area contributed by atoms with Gasteiger partial charge in [-0.15, -0.1) is 0 Å². The lowest BCUT2D eigenvalue weighted by Gasteiger charge is -2.59. The van der Waals surface area contributed by atoms with Gasteiger partial charge in [-0.1, -0.05) is 24.3 Å². The van der Waals surface area contributed by atoms with Gasteiger partial charge >= 0.3 is 17.9 Å². The van der Waals surface area contributed by atoms with Crippen LogP contribution in [0.4, 0.5) is 0 Å². The maximum atomic E-state index is 14.4. The van der Waals surface area contributed by atoms with Crippen molar-refractivity contribution in [2.45, 2.75) is 102 Å². The number of methoxy groups -OCH3 is 1. The van der Waals surface area contributed by atoms with Crippen LogP contribution in [0.3, 0.4) is 0 Å². The van der Waals surface area contributed by atoms with Crippen molar-refractivity contribution < 1.29 is 33.3 Å². The molecule has 0 radical (unpaired) electrons. The van der Waals surface area contributed by atoms with E-state index in [-0.39, 0.29) is 6.42 Å². The lowest BCUT2D eigenvalue weighted by atomic mass is 9.50. The van der Waals surface area contributed by atoms with Crippen LogP contribution >= 0.6 is 10.5 Å². The molecule has 288 valence electrons. The summed E-state index contributed by atoms with van der Waals surface area (Å²) in [6.07, 6.45) is 11.3. The zero-order chi connectivity index (χ0) is 37.6. The molecular formula is C47H53O7S+. The van der Waals surface area contributed by atoms with Crippen LogP contribution in [-0.4, -0.2) is 42.8 Å². The molecule has 0 spiro atoms. The van der Waals surface area contributed by atoms with Crippen molar-refractivity contribution in [3.05, 3.63) is 72.3 Å². The fourth-order valence-electron chi connectivity index (χ4n) is 13.1. The van der Waals surface area contributed by atoms with Crippen molar-refractivity contribution in [3.63, 3.8) is 0 Å². The van der Waals surface area contributed by atoms with Crippen LogP contribution in [0.15, 0.2) is 66.7 Å². The molecule has 8 fully saturated rings. The quantitative estimate of drug-likeness (QED) is 0.0903. The minimum atomic E-state index is -1.04. The van der Waals surface area contributed by atoms with Gasteiger partial charge in [-0.2, -0.15) is 0 Å². The normalized spacial score (nSPS) is 34.5. The first-order valence-corrected chi connectivity index (χ1v) is 22.0. The SMILES string of the molecule is COc1ccc(-[s+]2c3ccccc3c3ccccc32)cc1C(CC(=O)OC1(C)C2CC3CC(C2)CC1C3)C(=O)OCC(=O)OC1(C)C2CC3CC(C2)CC1C3.